The highest BCUT2D eigenvalue weighted by molar-refractivity contribution is 5.86. The van der Waals surface area contributed by atoms with E-state index in [1.165, 1.54) is 12.7 Å². The molecule has 2 aromatic rings. The first-order valence-corrected chi connectivity index (χ1v) is 5.94. The van der Waals surface area contributed by atoms with E-state index in [2.05, 4.69) is 21.9 Å². The number of esters is 1. The van der Waals surface area contributed by atoms with Crippen molar-refractivity contribution in [3.05, 3.63) is 35.0 Å². The molecule has 4 heteroatoms. The normalized spacial score (nSPS) is 12.7. The van der Waals surface area contributed by atoms with Gasteiger partial charge in [-0.1, -0.05) is 11.6 Å². The summed E-state index contributed by atoms with van der Waals surface area (Å²) in [7, 11) is 1.36. The van der Waals surface area contributed by atoms with Crippen molar-refractivity contribution in [1.29, 1.82) is 0 Å². The molecule has 1 unspecified atom stereocenters. The summed E-state index contributed by atoms with van der Waals surface area (Å²) in [5, 5.41) is 1.13. The van der Waals surface area contributed by atoms with Gasteiger partial charge in [-0.3, -0.25) is 4.79 Å². The van der Waals surface area contributed by atoms with Gasteiger partial charge in [0.2, 0.25) is 0 Å². The van der Waals surface area contributed by atoms with Crippen LogP contribution in [0, 0.1) is 13.8 Å². The van der Waals surface area contributed by atoms with E-state index in [0.717, 1.165) is 22.2 Å². The van der Waals surface area contributed by atoms with Crippen molar-refractivity contribution in [3.8, 4) is 0 Å². The Balaban J connectivity index is 2.40. The molecular weight excluding hydrogens is 228 g/mol. The van der Waals surface area contributed by atoms with Crippen LogP contribution in [0.15, 0.2) is 18.2 Å². The van der Waals surface area contributed by atoms with Crippen LogP contribution >= 0.6 is 0 Å². The fourth-order valence-corrected chi connectivity index (χ4v) is 2.21. The van der Waals surface area contributed by atoms with Crippen molar-refractivity contribution in [2.24, 2.45) is 5.73 Å². The lowest BCUT2D eigenvalue weighted by Crippen LogP contribution is -2.33. The van der Waals surface area contributed by atoms with Crippen LogP contribution in [0.2, 0.25) is 0 Å². The van der Waals surface area contributed by atoms with Crippen LogP contribution in [0.1, 0.15) is 16.8 Å². The standard InChI is InChI=1S/C14H18N2O2/c1-8-4-5-13-11(6-8)10(9(2)16-13)7-12(15)14(17)18-3/h4-6,12,16H,7,15H2,1-3H3. The monoisotopic (exact) mass is 246 g/mol. The molecule has 1 heterocycles. The Morgan fingerprint density at radius 3 is 2.83 bits per heavy atom. The summed E-state index contributed by atoms with van der Waals surface area (Å²) in [4.78, 5) is 14.7. The topological polar surface area (TPSA) is 68.1 Å². The zero-order chi connectivity index (χ0) is 13.3. The van der Waals surface area contributed by atoms with Crippen LogP contribution in [0.3, 0.4) is 0 Å². The van der Waals surface area contributed by atoms with Crippen molar-refractivity contribution >= 4 is 16.9 Å². The molecule has 3 N–H and O–H groups in total. The number of benzene rings is 1. The molecule has 18 heavy (non-hydrogen) atoms. The minimum absolute atomic E-state index is 0.378. The molecule has 0 spiro atoms. The maximum Gasteiger partial charge on any atom is 0.322 e. The first kappa shape index (κ1) is 12.6. The molecule has 96 valence electrons. The number of aromatic nitrogens is 1. The molecule has 0 amide bonds. The second kappa shape index (κ2) is 4.82. The van der Waals surface area contributed by atoms with E-state index in [1.54, 1.807) is 0 Å². The molecule has 4 nitrogen and oxygen atoms in total. The molecule has 0 aliphatic rings. The lowest BCUT2D eigenvalue weighted by molar-refractivity contribution is -0.142. The zero-order valence-corrected chi connectivity index (χ0v) is 10.9. The molecule has 0 fully saturated rings. The van der Waals surface area contributed by atoms with Crippen LogP contribution in [0.25, 0.3) is 10.9 Å². The summed E-state index contributed by atoms with van der Waals surface area (Å²) in [5.41, 5.74) is 10.2. The second-order valence-electron chi connectivity index (χ2n) is 4.61. The smallest absolute Gasteiger partial charge is 0.322 e. The van der Waals surface area contributed by atoms with Crippen LogP contribution in [-0.4, -0.2) is 24.1 Å². The number of hydrogen-bond acceptors (Lipinski definition) is 3. The molecule has 0 saturated heterocycles. The van der Waals surface area contributed by atoms with Crippen molar-refractivity contribution in [2.45, 2.75) is 26.3 Å². The highest BCUT2D eigenvalue weighted by Crippen LogP contribution is 2.24. The first-order chi connectivity index (χ1) is 8.52. The van der Waals surface area contributed by atoms with Crippen molar-refractivity contribution in [2.75, 3.05) is 7.11 Å². The number of H-pyrrole nitrogens is 1. The predicted molar refractivity (Wildman–Crippen MR) is 71.5 cm³/mol. The van der Waals surface area contributed by atoms with Crippen molar-refractivity contribution in [1.82, 2.24) is 4.98 Å². The molecular formula is C14H18N2O2. The molecule has 0 bridgehead atoms. The highest BCUT2D eigenvalue weighted by atomic mass is 16.5. The predicted octanol–water partition coefficient (Wildman–Crippen LogP) is 1.83. The van der Waals surface area contributed by atoms with E-state index in [4.69, 9.17) is 5.73 Å². The van der Waals surface area contributed by atoms with Crippen molar-refractivity contribution < 1.29 is 9.53 Å². The van der Waals surface area contributed by atoms with Gasteiger partial charge in [-0.25, -0.2) is 0 Å². The van der Waals surface area contributed by atoms with Crippen LogP contribution < -0.4 is 5.73 Å². The largest absolute Gasteiger partial charge is 0.468 e. The second-order valence-corrected chi connectivity index (χ2v) is 4.61. The van der Waals surface area contributed by atoms with Gasteiger partial charge < -0.3 is 15.5 Å². The van der Waals surface area contributed by atoms with E-state index in [9.17, 15) is 4.79 Å². The van der Waals surface area contributed by atoms with Gasteiger partial charge in [-0.05, 0) is 31.5 Å². The number of fused-ring (bicyclic) bond motifs is 1. The number of aromatic amines is 1. The third-order valence-corrected chi connectivity index (χ3v) is 3.20. The summed E-state index contributed by atoms with van der Waals surface area (Å²) >= 11 is 0. The quantitative estimate of drug-likeness (QED) is 0.812. The lowest BCUT2D eigenvalue weighted by atomic mass is 10.0. The Morgan fingerprint density at radius 1 is 1.44 bits per heavy atom. The number of aryl methyl sites for hydroxylation is 2. The Hall–Kier alpha value is -1.81. The third-order valence-electron chi connectivity index (χ3n) is 3.20. The fourth-order valence-electron chi connectivity index (χ4n) is 2.21. The molecule has 1 atom stereocenters. The average Bonchev–Trinajstić information content (AvgIpc) is 2.65. The van der Waals surface area contributed by atoms with Gasteiger partial charge in [-0.15, -0.1) is 0 Å². The van der Waals surface area contributed by atoms with Gasteiger partial charge in [0.15, 0.2) is 0 Å². The number of hydrogen-bond donors (Lipinski definition) is 2. The number of rotatable bonds is 3. The maximum absolute atomic E-state index is 11.4. The Bertz CT molecular complexity index is 587. The Labute approximate surface area is 106 Å². The highest BCUT2D eigenvalue weighted by Gasteiger charge is 2.18. The summed E-state index contributed by atoms with van der Waals surface area (Å²) in [6.45, 7) is 4.04. The summed E-state index contributed by atoms with van der Waals surface area (Å²) in [6.07, 6.45) is 0.488. The van der Waals surface area contributed by atoms with Gasteiger partial charge in [0.05, 0.1) is 7.11 Å². The Morgan fingerprint density at radius 2 is 2.17 bits per heavy atom. The number of methoxy groups -OCH3 is 1. The minimum atomic E-state index is -0.617. The van der Waals surface area contributed by atoms with Gasteiger partial charge >= 0.3 is 5.97 Å². The zero-order valence-electron chi connectivity index (χ0n) is 10.9. The first-order valence-electron chi connectivity index (χ1n) is 5.94. The maximum atomic E-state index is 11.4. The van der Waals surface area contributed by atoms with Gasteiger partial charge in [0.1, 0.15) is 6.04 Å². The minimum Gasteiger partial charge on any atom is -0.468 e. The number of nitrogens with one attached hydrogen (secondary N) is 1. The van der Waals surface area contributed by atoms with Gasteiger partial charge in [-0.2, -0.15) is 0 Å². The van der Waals surface area contributed by atoms with E-state index >= 15 is 0 Å². The molecule has 1 aromatic heterocycles. The van der Waals surface area contributed by atoms with Crippen LogP contribution in [0.4, 0.5) is 0 Å². The number of nitrogens with two attached hydrogens (primary N) is 1. The molecule has 0 saturated carbocycles. The van der Waals surface area contributed by atoms with E-state index in [-0.39, 0.29) is 5.97 Å². The number of carbonyl (C=O) groups is 1. The van der Waals surface area contributed by atoms with E-state index < -0.39 is 6.04 Å². The van der Waals surface area contributed by atoms with Crippen LogP contribution in [0.5, 0.6) is 0 Å². The summed E-state index contributed by atoms with van der Waals surface area (Å²) in [6, 6.07) is 5.60. The Kier molecular flexibility index (Phi) is 3.39. The average molecular weight is 246 g/mol. The number of carbonyl (C=O) groups excluding carboxylic acids is 1. The summed E-state index contributed by atoms with van der Waals surface area (Å²) < 4.78 is 4.66. The SMILES string of the molecule is COC(=O)C(N)Cc1c(C)[nH]c2ccc(C)cc12. The number of ether oxygens (including phenoxy) is 1. The fraction of sp³-hybridized carbons (Fsp3) is 0.357. The molecule has 2 rings (SSSR count). The lowest BCUT2D eigenvalue weighted by Gasteiger charge is -2.09. The van der Waals surface area contributed by atoms with Gasteiger partial charge in [0.25, 0.3) is 0 Å². The molecule has 0 aliphatic carbocycles. The third kappa shape index (κ3) is 2.24. The van der Waals surface area contributed by atoms with E-state index in [0.29, 0.717) is 6.42 Å². The molecule has 1 aromatic carbocycles. The van der Waals surface area contributed by atoms with Crippen LogP contribution in [-0.2, 0) is 16.0 Å². The van der Waals surface area contributed by atoms with E-state index in [1.807, 2.05) is 19.9 Å². The summed E-state index contributed by atoms with van der Waals surface area (Å²) in [5.74, 6) is -0.378. The van der Waals surface area contributed by atoms with Gasteiger partial charge in [0, 0.05) is 23.0 Å². The molecule has 0 radical (unpaired) electrons. The molecule has 0 aliphatic heterocycles. The van der Waals surface area contributed by atoms with Crippen molar-refractivity contribution in [3.63, 3.8) is 0 Å².